The summed E-state index contributed by atoms with van der Waals surface area (Å²) in [6.07, 6.45) is -1.20. The Morgan fingerprint density at radius 1 is 1.19 bits per heavy atom. The first-order chi connectivity index (χ1) is 12.9. The van der Waals surface area contributed by atoms with Crippen molar-refractivity contribution in [1.82, 2.24) is 0 Å². The monoisotopic (exact) mass is 372 g/mol. The summed E-state index contributed by atoms with van der Waals surface area (Å²) in [7, 11) is 1.37. The molecule has 2 aromatic rings. The van der Waals surface area contributed by atoms with Gasteiger partial charge in [0.1, 0.15) is 12.4 Å². The molecule has 3 atom stereocenters. The van der Waals surface area contributed by atoms with Crippen molar-refractivity contribution in [2.45, 2.75) is 31.2 Å². The highest BCUT2D eigenvalue weighted by atomic mass is 19.1. The zero-order valence-corrected chi connectivity index (χ0v) is 14.7. The molecule has 0 radical (unpaired) electrons. The number of carbonyl (C=O) groups is 2. The maximum atomic E-state index is 13.0. The first-order valence-electron chi connectivity index (χ1n) is 8.38. The lowest BCUT2D eigenvalue weighted by molar-refractivity contribution is -0.348. The van der Waals surface area contributed by atoms with E-state index in [4.69, 9.17) is 18.9 Å². The van der Waals surface area contributed by atoms with Crippen LogP contribution in [-0.4, -0.2) is 30.6 Å². The predicted molar refractivity (Wildman–Crippen MR) is 90.0 cm³/mol. The third kappa shape index (κ3) is 2.66. The van der Waals surface area contributed by atoms with Crippen molar-refractivity contribution in [3.05, 3.63) is 71.0 Å². The van der Waals surface area contributed by atoms with Crippen molar-refractivity contribution in [2.24, 2.45) is 0 Å². The van der Waals surface area contributed by atoms with Crippen LogP contribution < -0.4 is 0 Å². The zero-order valence-electron chi connectivity index (χ0n) is 14.7. The van der Waals surface area contributed by atoms with Gasteiger partial charge in [-0.2, -0.15) is 0 Å². The van der Waals surface area contributed by atoms with E-state index in [1.54, 1.807) is 24.3 Å². The highest BCUT2D eigenvalue weighted by Gasteiger charge is 2.67. The topological polar surface area (TPSA) is 71.1 Å². The van der Waals surface area contributed by atoms with Crippen molar-refractivity contribution in [1.29, 1.82) is 0 Å². The lowest BCUT2D eigenvalue weighted by atomic mass is 9.89. The number of rotatable bonds is 4. The summed E-state index contributed by atoms with van der Waals surface area (Å²) in [5, 5.41) is 0. The van der Waals surface area contributed by atoms with Gasteiger partial charge in [-0.3, -0.25) is 4.79 Å². The molecule has 1 fully saturated rings. The van der Waals surface area contributed by atoms with Crippen molar-refractivity contribution < 1.29 is 32.9 Å². The van der Waals surface area contributed by atoms with E-state index in [9.17, 15) is 14.0 Å². The maximum absolute atomic E-state index is 13.0. The third-order valence-corrected chi connectivity index (χ3v) is 4.84. The fourth-order valence-corrected chi connectivity index (χ4v) is 3.37. The Hall–Kier alpha value is -2.61. The normalized spacial score (nSPS) is 28.7. The Morgan fingerprint density at radius 3 is 2.59 bits per heavy atom. The highest BCUT2D eigenvalue weighted by molar-refractivity contribution is 6.06. The van der Waals surface area contributed by atoms with Crippen molar-refractivity contribution in [2.75, 3.05) is 7.11 Å². The molecule has 2 aliphatic rings. The average molecular weight is 372 g/mol. The quantitative estimate of drug-likeness (QED) is 0.769. The van der Waals surface area contributed by atoms with Crippen LogP contribution in [0.4, 0.5) is 4.39 Å². The summed E-state index contributed by atoms with van der Waals surface area (Å²) in [5.41, 5.74) is -0.299. The number of Topliss-reactive ketones (excluding diaryl/α,β-unsaturated/α-hetero) is 1. The standard InChI is InChI=1S/C20H17FO6/c1-19(18(23)25-11-12-7-9-13(21)10-8-12)17-16(22)14-5-3-4-6-15(14)20(24-2,26-17)27-19/h3-10,17H,11H2,1-2H3/t17-,19+,20+/m1/s1. The smallest absolute Gasteiger partial charge is 0.341 e. The highest BCUT2D eigenvalue weighted by Crippen LogP contribution is 2.50. The van der Waals surface area contributed by atoms with Crippen molar-refractivity contribution in [3.63, 3.8) is 0 Å². The summed E-state index contributed by atoms with van der Waals surface area (Å²) < 4.78 is 35.4. The van der Waals surface area contributed by atoms with Crippen LogP contribution in [0.2, 0.25) is 0 Å². The molecule has 0 amide bonds. The van der Waals surface area contributed by atoms with Crippen LogP contribution in [0.25, 0.3) is 0 Å². The molecular weight excluding hydrogens is 355 g/mol. The molecule has 0 aliphatic carbocycles. The van der Waals surface area contributed by atoms with Crippen molar-refractivity contribution in [3.8, 4) is 0 Å². The SMILES string of the molecule is CO[C@]12O[C@H](C(=O)c3ccccc31)[C@@](C)(C(=O)OCc1ccc(F)cc1)O2. The number of carbonyl (C=O) groups excluding carboxylic acids is 2. The van der Waals surface area contributed by atoms with Crippen LogP contribution in [0.3, 0.4) is 0 Å². The molecule has 140 valence electrons. The van der Waals surface area contributed by atoms with E-state index in [0.29, 0.717) is 16.7 Å². The molecule has 2 bridgehead atoms. The number of ketones is 1. The Labute approximate surface area is 154 Å². The molecule has 2 aliphatic heterocycles. The maximum Gasteiger partial charge on any atom is 0.341 e. The summed E-state index contributed by atoms with van der Waals surface area (Å²) in [6, 6.07) is 12.3. The van der Waals surface area contributed by atoms with Crippen LogP contribution in [0.1, 0.15) is 28.4 Å². The Balaban J connectivity index is 1.61. The van der Waals surface area contributed by atoms with E-state index >= 15 is 0 Å². The fraction of sp³-hybridized carbons (Fsp3) is 0.300. The number of fused-ring (bicyclic) bond motifs is 4. The van der Waals surface area contributed by atoms with Gasteiger partial charge in [-0.1, -0.05) is 36.4 Å². The Kier molecular flexibility index (Phi) is 4.10. The summed E-state index contributed by atoms with van der Waals surface area (Å²) in [6.45, 7) is 1.35. The van der Waals surface area contributed by atoms with Crippen LogP contribution in [-0.2, 0) is 36.3 Å². The second-order valence-electron chi connectivity index (χ2n) is 6.58. The molecule has 27 heavy (non-hydrogen) atoms. The van der Waals surface area contributed by atoms with Crippen LogP contribution in [0.5, 0.6) is 0 Å². The molecule has 4 rings (SSSR count). The number of hydrogen-bond acceptors (Lipinski definition) is 6. The minimum Gasteiger partial charge on any atom is -0.459 e. The number of ether oxygens (including phenoxy) is 4. The third-order valence-electron chi connectivity index (χ3n) is 4.84. The first kappa shape index (κ1) is 17.8. The summed E-state index contributed by atoms with van der Waals surface area (Å²) in [4.78, 5) is 25.7. The van der Waals surface area contributed by atoms with E-state index in [0.717, 1.165) is 0 Å². The van der Waals surface area contributed by atoms with E-state index < -0.39 is 23.6 Å². The molecule has 1 saturated heterocycles. The van der Waals surface area contributed by atoms with Gasteiger partial charge in [0.25, 0.3) is 0 Å². The lowest BCUT2D eigenvalue weighted by Crippen LogP contribution is -2.49. The Morgan fingerprint density at radius 2 is 1.89 bits per heavy atom. The number of halogens is 1. The molecule has 0 unspecified atom stereocenters. The van der Waals surface area contributed by atoms with E-state index in [1.807, 2.05) is 0 Å². The van der Waals surface area contributed by atoms with Crippen molar-refractivity contribution >= 4 is 11.8 Å². The zero-order chi connectivity index (χ0) is 19.2. The van der Waals surface area contributed by atoms with Crippen LogP contribution in [0, 0.1) is 5.82 Å². The molecule has 0 N–H and O–H groups in total. The molecule has 0 spiro atoms. The number of benzene rings is 2. The predicted octanol–water partition coefficient (Wildman–Crippen LogP) is 2.70. The van der Waals surface area contributed by atoms with Crippen LogP contribution >= 0.6 is 0 Å². The second kappa shape index (κ2) is 6.23. The van der Waals surface area contributed by atoms with Gasteiger partial charge < -0.3 is 18.9 Å². The summed E-state index contributed by atoms with van der Waals surface area (Å²) in [5.74, 6) is -3.18. The van der Waals surface area contributed by atoms with Gasteiger partial charge >= 0.3 is 11.9 Å². The van der Waals surface area contributed by atoms with Gasteiger partial charge in [-0.05, 0) is 24.6 Å². The first-order valence-corrected chi connectivity index (χ1v) is 8.38. The van der Waals surface area contributed by atoms with E-state index in [-0.39, 0.29) is 18.2 Å². The largest absolute Gasteiger partial charge is 0.459 e. The van der Waals surface area contributed by atoms with E-state index in [1.165, 1.54) is 38.3 Å². The minimum atomic E-state index is -1.69. The number of hydrogen-bond donors (Lipinski definition) is 0. The lowest BCUT2D eigenvalue weighted by Gasteiger charge is -2.30. The van der Waals surface area contributed by atoms with Gasteiger partial charge in [0.2, 0.25) is 5.60 Å². The number of methoxy groups -OCH3 is 1. The minimum absolute atomic E-state index is 0.0914. The molecule has 6 nitrogen and oxygen atoms in total. The molecule has 2 aromatic carbocycles. The van der Waals surface area contributed by atoms with E-state index in [2.05, 4.69) is 0 Å². The number of esters is 1. The second-order valence-corrected chi connectivity index (χ2v) is 6.58. The molecule has 0 aromatic heterocycles. The van der Waals surface area contributed by atoms with Gasteiger partial charge in [-0.15, -0.1) is 0 Å². The van der Waals surface area contributed by atoms with Gasteiger partial charge in [0.05, 0.1) is 5.56 Å². The molecule has 2 heterocycles. The molecule has 7 heteroatoms. The fourth-order valence-electron chi connectivity index (χ4n) is 3.37. The van der Waals surface area contributed by atoms with Gasteiger partial charge in [-0.25, -0.2) is 9.18 Å². The van der Waals surface area contributed by atoms with Gasteiger partial charge in [0.15, 0.2) is 11.9 Å². The summed E-state index contributed by atoms with van der Waals surface area (Å²) >= 11 is 0. The average Bonchev–Trinajstić information content (AvgIpc) is 2.98. The molecular formula is C20H17FO6. The van der Waals surface area contributed by atoms with Gasteiger partial charge in [0, 0.05) is 12.7 Å². The molecule has 0 saturated carbocycles. The van der Waals surface area contributed by atoms with Crippen LogP contribution in [0.15, 0.2) is 48.5 Å². The Bertz CT molecular complexity index is 911.